The maximum atomic E-state index is 8.30. The van der Waals surface area contributed by atoms with E-state index in [4.69, 9.17) is 10.00 Å². The van der Waals surface area contributed by atoms with E-state index in [1.807, 2.05) is 0 Å². The molecule has 0 radical (unpaired) electrons. The van der Waals surface area contributed by atoms with Gasteiger partial charge in [-0.15, -0.1) is 0 Å². The Morgan fingerprint density at radius 3 is 3.09 bits per heavy atom. The molecule has 1 aliphatic rings. The van der Waals surface area contributed by atoms with Gasteiger partial charge in [0.15, 0.2) is 0 Å². The van der Waals surface area contributed by atoms with Crippen LogP contribution in [0.1, 0.15) is 19.8 Å². The number of nitrogens with one attached hydrogen (secondary N) is 1. The number of ether oxygens (including phenoxy) is 1. The van der Waals surface area contributed by atoms with Gasteiger partial charge in [0, 0.05) is 25.1 Å². The summed E-state index contributed by atoms with van der Waals surface area (Å²) in [5.41, 5.74) is 0.122. The molecular weight excluding hydrogens is 140 g/mol. The average Bonchev–Trinajstić information content (AvgIpc) is 2.38. The first-order valence-electron chi connectivity index (χ1n) is 3.97. The van der Waals surface area contributed by atoms with Gasteiger partial charge in [0.2, 0.25) is 0 Å². The van der Waals surface area contributed by atoms with Crippen LogP contribution in [0.15, 0.2) is 0 Å². The molecule has 1 atom stereocenters. The first-order chi connectivity index (χ1) is 5.27. The monoisotopic (exact) mass is 154 g/mol. The molecular formula is C8H14N2O. The second-order valence-corrected chi connectivity index (χ2v) is 3.20. The summed E-state index contributed by atoms with van der Waals surface area (Å²) >= 11 is 0. The summed E-state index contributed by atoms with van der Waals surface area (Å²) in [4.78, 5) is 0. The van der Waals surface area contributed by atoms with Crippen molar-refractivity contribution in [3.63, 3.8) is 0 Å². The zero-order valence-electron chi connectivity index (χ0n) is 6.89. The number of rotatable bonds is 3. The Morgan fingerprint density at radius 1 is 1.73 bits per heavy atom. The first kappa shape index (κ1) is 8.51. The van der Waals surface area contributed by atoms with Crippen LogP contribution in [0.5, 0.6) is 0 Å². The Labute approximate surface area is 67.3 Å². The molecule has 0 saturated carbocycles. The highest BCUT2D eigenvalue weighted by Gasteiger charge is 2.28. The van der Waals surface area contributed by atoms with E-state index in [-0.39, 0.29) is 5.54 Å². The lowest BCUT2D eigenvalue weighted by molar-refractivity contribution is 0.172. The van der Waals surface area contributed by atoms with Gasteiger partial charge in [0.05, 0.1) is 12.7 Å². The van der Waals surface area contributed by atoms with E-state index in [9.17, 15) is 0 Å². The van der Waals surface area contributed by atoms with Crippen LogP contribution >= 0.6 is 0 Å². The lowest BCUT2D eigenvalue weighted by Gasteiger charge is -2.22. The molecule has 3 heteroatoms. The highest BCUT2D eigenvalue weighted by atomic mass is 16.5. The largest absolute Gasteiger partial charge is 0.379 e. The van der Waals surface area contributed by atoms with Crippen LogP contribution in [0.4, 0.5) is 0 Å². The highest BCUT2D eigenvalue weighted by Crippen LogP contribution is 2.16. The predicted molar refractivity (Wildman–Crippen MR) is 42.1 cm³/mol. The molecule has 0 spiro atoms. The molecule has 1 heterocycles. The van der Waals surface area contributed by atoms with Gasteiger partial charge in [-0.25, -0.2) is 0 Å². The zero-order valence-corrected chi connectivity index (χ0v) is 6.89. The van der Waals surface area contributed by atoms with Crippen LogP contribution < -0.4 is 5.32 Å². The smallest absolute Gasteiger partial charge is 0.0646 e. The fourth-order valence-electron chi connectivity index (χ4n) is 1.23. The predicted octanol–water partition coefficient (Wildman–Crippen LogP) is 0.669. The minimum absolute atomic E-state index is 0.122. The molecule has 0 aromatic heterocycles. The van der Waals surface area contributed by atoms with Crippen LogP contribution in [-0.2, 0) is 4.74 Å². The van der Waals surface area contributed by atoms with E-state index in [0.717, 1.165) is 26.2 Å². The molecule has 1 unspecified atom stereocenters. The molecule has 1 saturated heterocycles. The number of hydrogen-bond donors (Lipinski definition) is 1. The van der Waals surface area contributed by atoms with E-state index in [1.54, 1.807) is 0 Å². The van der Waals surface area contributed by atoms with Crippen molar-refractivity contribution in [2.45, 2.75) is 25.3 Å². The van der Waals surface area contributed by atoms with E-state index in [0.29, 0.717) is 6.42 Å². The molecule has 1 aliphatic heterocycles. The van der Waals surface area contributed by atoms with Gasteiger partial charge in [-0.2, -0.15) is 5.26 Å². The minimum atomic E-state index is 0.122. The molecule has 3 nitrogen and oxygen atoms in total. The minimum Gasteiger partial charge on any atom is -0.379 e. The molecule has 0 bridgehead atoms. The number of hydrogen-bond acceptors (Lipinski definition) is 3. The van der Waals surface area contributed by atoms with Crippen molar-refractivity contribution in [3.05, 3.63) is 0 Å². The van der Waals surface area contributed by atoms with Crippen molar-refractivity contribution in [2.24, 2.45) is 0 Å². The Bertz CT molecular complexity index is 156. The van der Waals surface area contributed by atoms with Gasteiger partial charge in [-0.05, 0) is 13.3 Å². The Hall–Kier alpha value is -0.590. The van der Waals surface area contributed by atoms with Crippen LogP contribution in [0, 0.1) is 11.3 Å². The summed E-state index contributed by atoms with van der Waals surface area (Å²) in [6.45, 7) is 4.53. The van der Waals surface area contributed by atoms with Crippen molar-refractivity contribution in [1.82, 2.24) is 5.32 Å². The zero-order chi connectivity index (χ0) is 8.16. The van der Waals surface area contributed by atoms with Crippen molar-refractivity contribution in [1.29, 1.82) is 5.26 Å². The van der Waals surface area contributed by atoms with Crippen molar-refractivity contribution in [2.75, 3.05) is 19.8 Å². The maximum Gasteiger partial charge on any atom is 0.0646 e. The fourth-order valence-corrected chi connectivity index (χ4v) is 1.23. The molecule has 0 aromatic carbocycles. The summed E-state index contributed by atoms with van der Waals surface area (Å²) < 4.78 is 5.25. The molecule has 0 aliphatic carbocycles. The van der Waals surface area contributed by atoms with Crippen molar-refractivity contribution < 1.29 is 4.74 Å². The summed E-state index contributed by atoms with van der Waals surface area (Å²) in [5.74, 6) is 0. The van der Waals surface area contributed by atoms with Gasteiger partial charge in [0.25, 0.3) is 0 Å². The average molecular weight is 154 g/mol. The normalized spacial score (nSPS) is 30.2. The SMILES string of the molecule is CC1(NCCC#N)CCOC1. The van der Waals surface area contributed by atoms with E-state index in [1.165, 1.54) is 0 Å². The van der Waals surface area contributed by atoms with Crippen LogP contribution in [-0.4, -0.2) is 25.3 Å². The Balaban J connectivity index is 2.19. The third kappa shape index (κ3) is 2.49. The lowest BCUT2D eigenvalue weighted by atomic mass is 10.0. The third-order valence-electron chi connectivity index (χ3n) is 2.01. The van der Waals surface area contributed by atoms with Crippen LogP contribution in [0.2, 0.25) is 0 Å². The highest BCUT2D eigenvalue weighted by molar-refractivity contribution is 4.87. The van der Waals surface area contributed by atoms with Gasteiger partial charge in [0.1, 0.15) is 0 Å². The molecule has 11 heavy (non-hydrogen) atoms. The quantitative estimate of drug-likeness (QED) is 0.608. The molecule has 1 fully saturated rings. The fraction of sp³-hybridized carbons (Fsp3) is 0.875. The van der Waals surface area contributed by atoms with Gasteiger partial charge in [-0.1, -0.05) is 0 Å². The van der Waals surface area contributed by atoms with Crippen LogP contribution in [0.25, 0.3) is 0 Å². The summed E-state index contributed by atoms with van der Waals surface area (Å²) in [6.07, 6.45) is 1.63. The van der Waals surface area contributed by atoms with E-state index in [2.05, 4.69) is 18.3 Å². The third-order valence-corrected chi connectivity index (χ3v) is 2.01. The topological polar surface area (TPSA) is 45.0 Å². The standard InChI is InChI=1S/C8H14N2O/c1-8(3-6-11-7-8)10-5-2-4-9/h10H,2-3,5-7H2,1H3. The second-order valence-electron chi connectivity index (χ2n) is 3.20. The molecule has 62 valence electrons. The molecule has 0 amide bonds. The van der Waals surface area contributed by atoms with Crippen molar-refractivity contribution in [3.8, 4) is 6.07 Å². The molecule has 0 aromatic rings. The summed E-state index contributed by atoms with van der Waals surface area (Å²) in [5, 5.41) is 11.6. The first-order valence-corrected chi connectivity index (χ1v) is 3.97. The molecule has 1 N–H and O–H groups in total. The van der Waals surface area contributed by atoms with Gasteiger partial charge >= 0.3 is 0 Å². The Kier molecular flexibility index (Phi) is 2.86. The molecule has 1 rings (SSSR count). The maximum absolute atomic E-state index is 8.30. The summed E-state index contributed by atoms with van der Waals surface area (Å²) in [6, 6.07) is 2.11. The van der Waals surface area contributed by atoms with E-state index < -0.39 is 0 Å². The van der Waals surface area contributed by atoms with Gasteiger partial charge in [-0.3, -0.25) is 0 Å². The summed E-state index contributed by atoms with van der Waals surface area (Å²) in [7, 11) is 0. The second kappa shape index (κ2) is 3.70. The van der Waals surface area contributed by atoms with Crippen LogP contribution in [0.3, 0.4) is 0 Å². The van der Waals surface area contributed by atoms with Crippen molar-refractivity contribution >= 4 is 0 Å². The van der Waals surface area contributed by atoms with E-state index >= 15 is 0 Å². The number of nitriles is 1. The van der Waals surface area contributed by atoms with Gasteiger partial charge < -0.3 is 10.1 Å². The number of nitrogens with zero attached hydrogens (tertiary/aromatic N) is 1. The Morgan fingerprint density at radius 2 is 2.55 bits per heavy atom. The lowest BCUT2D eigenvalue weighted by Crippen LogP contribution is -2.43.